The van der Waals surface area contributed by atoms with Crippen molar-refractivity contribution in [3.05, 3.63) is 106 Å². The van der Waals surface area contributed by atoms with Gasteiger partial charge in [-0.1, -0.05) is 65.7 Å². The number of pyridine rings is 1. The maximum Gasteiger partial charge on any atom is 0.339 e. The summed E-state index contributed by atoms with van der Waals surface area (Å²) in [6, 6.07) is 18.6. The summed E-state index contributed by atoms with van der Waals surface area (Å²) in [5.74, 6) is -1.70. The highest BCUT2D eigenvalue weighted by atomic mass is 35.5. The summed E-state index contributed by atoms with van der Waals surface area (Å²) < 4.78 is 5.44. The predicted octanol–water partition coefficient (Wildman–Crippen LogP) is 6.87. The van der Waals surface area contributed by atoms with Gasteiger partial charge in [0.2, 0.25) is 17.6 Å². The number of esters is 1. The zero-order chi connectivity index (χ0) is 30.0. The number of halogens is 2. The van der Waals surface area contributed by atoms with Gasteiger partial charge in [0.15, 0.2) is 6.61 Å². The van der Waals surface area contributed by atoms with E-state index in [9.17, 15) is 19.2 Å². The number of rotatable bonds is 6. The number of amides is 2. The molecule has 3 aromatic carbocycles. The van der Waals surface area contributed by atoms with Gasteiger partial charge in [-0.2, -0.15) is 0 Å². The van der Waals surface area contributed by atoms with Gasteiger partial charge in [0.05, 0.1) is 39.3 Å². The highest BCUT2D eigenvalue weighted by Crippen LogP contribution is 2.53. The number of para-hydroxylation sites is 1. The minimum atomic E-state index is -0.683. The van der Waals surface area contributed by atoms with Crippen LogP contribution < -0.4 is 4.90 Å². The molecule has 214 valence electrons. The van der Waals surface area contributed by atoms with Crippen molar-refractivity contribution in [2.75, 3.05) is 11.5 Å². The molecule has 7 rings (SSSR count). The molecule has 43 heavy (non-hydrogen) atoms. The van der Waals surface area contributed by atoms with Crippen LogP contribution in [0.3, 0.4) is 0 Å². The third-order valence-corrected chi connectivity index (χ3v) is 9.27. The summed E-state index contributed by atoms with van der Waals surface area (Å²) in [5, 5.41) is 1.15. The average molecular weight is 611 g/mol. The first-order valence-corrected chi connectivity index (χ1v) is 14.7. The number of ketones is 1. The van der Waals surface area contributed by atoms with Crippen LogP contribution >= 0.6 is 23.2 Å². The number of aryl methyl sites for hydroxylation is 1. The normalized spacial score (nSPS) is 22.0. The van der Waals surface area contributed by atoms with Gasteiger partial charge < -0.3 is 4.74 Å². The summed E-state index contributed by atoms with van der Waals surface area (Å²) in [7, 11) is 0. The van der Waals surface area contributed by atoms with E-state index in [1.165, 1.54) is 17.0 Å². The second-order valence-corrected chi connectivity index (χ2v) is 12.1. The molecule has 1 saturated heterocycles. The largest absolute Gasteiger partial charge is 0.454 e. The molecule has 2 aliphatic carbocycles. The topological polar surface area (TPSA) is 93.6 Å². The van der Waals surface area contributed by atoms with Crippen LogP contribution in [0.25, 0.3) is 22.2 Å². The minimum absolute atomic E-state index is 0.136. The van der Waals surface area contributed by atoms with Crippen LogP contribution in [0.5, 0.6) is 0 Å². The van der Waals surface area contributed by atoms with Crippen molar-refractivity contribution in [3.8, 4) is 11.3 Å². The van der Waals surface area contributed by atoms with Crippen molar-refractivity contribution in [1.82, 2.24) is 4.98 Å². The monoisotopic (exact) mass is 610 g/mol. The molecule has 7 nitrogen and oxygen atoms in total. The first kappa shape index (κ1) is 27.5. The lowest BCUT2D eigenvalue weighted by atomic mass is 9.85. The number of allylic oxidation sites excluding steroid dienone is 2. The lowest BCUT2D eigenvalue weighted by molar-refractivity contribution is -0.123. The fourth-order valence-corrected chi connectivity index (χ4v) is 7.16. The number of Topliss-reactive ketones (excluding diaryl/α,β-unsaturated/α-hetero) is 1. The minimum Gasteiger partial charge on any atom is -0.454 e. The van der Waals surface area contributed by atoms with E-state index in [0.717, 1.165) is 12.0 Å². The van der Waals surface area contributed by atoms with Gasteiger partial charge in [-0.25, -0.2) is 9.78 Å². The molecule has 1 aromatic heterocycles. The van der Waals surface area contributed by atoms with E-state index >= 15 is 0 Å². The number of hydrogen-bond acceptors (Lipinski definition) is 6. The van der Waals surface area contributed by atoms with Gasteiger partial charge >= 0.3 is 5.97 Å². The number of anilines is 1. The summed E-state index contributed by atoms with van der Waals surface area (Å²) >= 11 is 12.1. The van der Waals surface area contributed by atoms with Gasteiger partial charge in [-0.15, -0.1) is 0 Å². The Morgan fingerprint density at radius 1 is 0.907 bits per heavy atom. The summed E-state index contributed by atoms with van der Waals surface area (Å²) in [6.45, 7) is 1.39. The summed E-state index contributed by atoms with van der Waals surface area (Å²) in [6.07, 6.45) is 5.02. The van der Waals surface area contributed by atoms with Crippen LogP contribution in [-0.2, 0) is 14.3 Å². The number of benzene rings is 3. The van der Waals surface area contributed by atoms with Crippen molar-refractivity contribution in [2.45, 2.75) is 13.3 Å². The van der Waals surface area contributed by atoms with E-state index in [-0.39, 0.29) is 51.6 Å². The van der Waals surface area contributed by atoms with E-state index in [4.69, 9.17) is 32.9 Å². The lowest BCUT2D eigenvalue weighted by Gasteiger charge is -2.18. The number of ether oxygens (including phenoxy) is 1. The quantitative estimate of drug-likeness (QED) is 0.102. The van der Waals surface area contributed by atoms with Crippen molar-refractivity contribution in [2.24, 2.45) is 23.7 Å². The van der Waals surface area contributed by atoms with Crippen molar-refractivity contribution in [1.29, 1.82) is 0 Å². The fourth-order valence-electron chi connectivity index (χ4n) is 6.65. The molecular weight excluding hydrogens is 587 g/mol. The number of aromatic nitrogens is 1. The van der Waals surface area contributed by atoms with E-state index < -0.39 is 18.4 Å². The maximum absolute atomic E-state index is 13.3. The van der Waals surface area contributed by atoms with Crippen LogP contribution in [0.2, 0.25) is 10.0 Å². The third kappa shape index (κ3) is 4.55. The molecule has 2 fully saturated rings. The molecule has 2 bridgehead atoms. The van der Waals surface area contributed by atoms with Gasteiger partial charge in [-0.05, 0) is 67.1 Å². The first-order chi connectivity index (χ1) is 20.7. The number of carbonyl (C=O) groups is 4. The Morgan fingerprint density at radius 3 is 2.28 bits per heavy atom. The number of hydrogen-bond donors (Lipinski definition) is 0. The zero-order valence-electron chi connectivity index (χ0n) is 22.9. The second kappa shape index (κ2) is 10.4. The summed E-state index contributed by atoms with van der Waals surface area (Å²) in [4.78, 5) is 58.7. The highest BCUT2D eigenvalue weighted by molar-refractivity contribution is 6.37. The van der Waals surface area contributed by atoms with Gasteiger partial charge in [0, 0.05) is 21.5 Å². The SMILES string of the molecule is Cc1cccc2c(C(=O)OCC(=O)c3ccc(Cl)cc3Cl)cc(-c3ccc(N4C(=O)C5C6C=CC(C6)C5C4=O)cc3)nc12. The Hall–Kier alpha value is -4.33. The smallest absolute Gasteiger partial charge is 0.339 e. The summed E-state index contributed by atoms with van der Waals surface area (Å²) in [5.41, 5.74) is 3.64. The molecule has 3 aliphatic rings. The molecule has 0 radical (unpaired) electrons. The zero-order valence-corrected chi connectivity index (χ0v) is 24.4. The Morgan fingerprint density at radius 2 is 1.60 bits per heavy atom. The first-order valence-electron chi connectivity index (χ1n) is 13.9. The van der Waals surface area contributed by atoms with Gasteiger partial charge in [0.1, 0.15) is 0 Å². The third-order valence-electron chi connectivity index (χ3n) is 8.72. The van der Waals surface area contributed by atoms with Gasteiger partial charge in [-0.3, -0.25) is 19.3 Å². The molecule has 4 aromatic rings. The average Bonchev–Trinajstić information content (AvgIpc) is 3.69. The van der Waals surface area contributed by atoms with Crippen LogP contribution in [0, 0.1) is 30.6 Å². The molecule has 1 saturated carbocycles. The molecular formula is C34H24Cl2N2O5. The van der Waals surface area contributed by atoms with Crippen LogP contribution in [0.4, 0.5) is 5.69 Å². The van der Waals surface area contributed by atoms with E-state index in [1.807, 2.05) is 19.1 Å². The Balaban J connectivity index is 1.17. The Bertz CT molecular complexity index is 1870. The molecule has 2 heterocycles. The van der Waals surface area contributed by atoms with Crippen LogP contribution in [0.1, 0.15) is 32.7 Å². The molecule has 4 atom stereocenters. The van der Waals surface area contributed by atoms with Crippen molar-refractivity contribution in [3.63, 3.8) is 0 Å². The molecule has 0 N–H and O–H groups in total. The van der Waals surface area contributed by atoms with E-state index in [1.54, 1.807) is 42.5 Å². The fraction of sp³-hybridized carbons (Fsp3) is 0.206. The predicted molar refractivity (Wildman–Crippen MR) is 163 cm³/mol. The van der Waals surface area contributed by atoms with Crippen molar-refractivity contribution < 1.29 is 23.9 Å². The molecule has 0 spiro atoms. The molecule has 9 heteroatoms. The van der Waals surface area contributed by atoms with Crippen LogP contribution in [0.15, 0.2) is 78.9 Å². The van der Waals surface area contributed by atoms with E-state index in [0.29, 0.717) is 32.9 Å². The molecule has 4 unspecified atom stereocenters. The van der Waals surface area contributed by atoms with Crippen molar-refractivity contribution >= 4 is 63.4 Å². The van der Waals surface area contributed by atoms with E-state index in [2.05, 4.69) is 12.2 Å². The number of fused-ring (bicyclic) bond motifs is 6. The second-order valence-electron chi connectivity index (χ2n) is 11.2. The standard InChI is InChI=1S/C34H24Cl2N2O5/c1-17-3-2-4-23-25(34(42)43-16-28(39)24-12-9-21(35)14-26(24)36)15-27(37-31(17)23)18-7-10-22(11-8-18)38-32(40)29-19-5-6-20(13-19)30(29)33(38)41/h2-12,14-15,19-20,29-30H,13,16H2,1H3. The molecule has 2 amide bonds. The number of nitrogens with zero attached hydrogens (tertiary/aromatic N) is 2. The lowest BCUT2D eigenvalue weighted by Crippen LogP contribution is -2.32. The Kier molecular flexibility index (Phi) is 6.67. The molecule has 1 aliphatic heterocycles. The number of carbonyl (C=O) groups excluding carboxylic acids is 4. The Labute approximate surface area is 257 Å². The van der Waals surface area contributed by atoms with Crippen LogP contribution in [-0.4, -0.2) is 35.2 Å². The van der Waals surface area contributed by atoms with Gasteiger partial charge in [0.25, 0.3) is 0 Å². The number of imide groups is 1. The maximum atomic E-state index is 13.3. The highest BCUT2D eigenvalue weighted by Gasteiger charge is 2.59.